The van der Waals surface area contributed by atoms with Gasteiger partial charge in [0.25, 0.3) is 0 Å². The van der Waals surface area contributed by atoms with Gasteiger partial charge in [-0.05, 0) is 12.1 Å². The monoisotopic (exact) mass is 232 g/mol. The minimum absolute atomic E-state index is 0.741. The molecule has 0 spiro atoms. The average Bonchev–Trinajstić information content (AvgIpc) is 2.73. The molecular formula is C13H16N2O2. The van der Waals surface area contributed by atoms with Gasteiger partial charge >= 0.3 is 0 Å². The Bertz CT molecular complexity index is 515. The first kappa shape index (κ1) is 10.6. The van der Waals surface area contributed by atoms with Crippen LogP contribution in [0.25, 0.3) is 11.0 Å². The lowest BCUT2D eigenvalue weighted by Gasteiger charge is -2.26. The smallest absolute Gasteiger partial charge is 0.136 e. The molecule has 0 atom stereocenters. The number of nitrogens with zero attached hydrogens (tertiary/aromatic N) is 1. The predicted octanol–water partition coefficient (Wildman–Crippen LogP) is 1.85. The molecule has 1 aromatic heterocycles. The molecule has 1 aromatic carbocycles. The first-order chi connectivity index (χ1) is 8.33. The molecule has 0 radical (unpaired) electrons. The Kier molecular flexibility index (Phi) is 2.74. The van der Waals surface area contributed by atoms with Crippen molar-refractivity contribution in [2.45, 2.75) is 6.54 Å². The molecule has 0 saturated carbocycles. The van der Waals surface area contributed by atoms with Crippen LogP contribution in [0, 0.1) is 0 Å². The average molecular weight is 232 g/mol. The second-order valence-corrected chi connectivity index (χ2v) is 4.41. The second kappa shape index (κ2) is 4.39. The summed E-state index contributed by atoms with van der Waals surface area (Å²) in [6, 6.07) is 5.82. The quantitative estimate of drug-likeness (QED) is 0.803. The zero-order valence-corrected chi connectivity index (χ0v) is 9.69. The highest BCUT2D eigenvalue weighted by atomic mass is 16.5. The largest absolute Gasteiger partial charge is 0.464 e. The van der Waals surface area contributed by atoms with Gasteiger partial charge in [-0.15, -0.1) is 0 Å². The van der Waals surface area contributed by atoms with Gasteiger partial charge in [-0.25, -0.2) is 0 Å². The molecule has 0 bridgehead atoms. The van der Waals surface area contributed by atoms with E-state index in [4.69, 9.17) is 14.9 Å². The summed E-state index contributed by atoms with van der Waals surface area (Å²) in [5.74, 6) is 0. The van der Waals surface area contributed by atoms with E-state index in [1.54, 1.807) is 0 Å². The van der Waals surface area contributed by atoms with Crippen LogP contribution in [-0.2, 0) is 11.3 Å². The fraction of sp³-hybridized carbons (Fsp3) is 0.385. The van der Waals surface area contributed by atoms with E-state index in [1.807, 2.05) is 24.5 Å². The SMILES string of the molecule is Nc1ccc2c(CN3CCOCC3)coc2c1. The van der Waals surface area contributed by atoms with Crippen LogP contribution in [0.5, 0.6) is 0 Å². The maximum atomic E-state index is 5.73. The standard InChI is InChI=1S/C13H16N2O2/c14-11-1-2-12-10(9-17-13(12)7-11)8-15-3-5-16-6-4-15/h1-2,7,9H,3-6,8,14H2. The molecule has 2 N–H and O–H groups in total. The Hall–Kier alpha value is -1.52. The van der Waals surface area contributed by atoms with Gasteiger partial charge in [0.1, 0.15) is 5.58 Å². The number of ether oxygens (including phenoxy) is 1. The number of hydrogen-bond acceptors (Lipinski definition) is 4. The van der Waals surface area contributed by atoms with Crippen molar-refractivity contribution in [2.75, 3.05) is 32.0 Å². The van der Waals surface area contributed by atoms with E-state index in [0.29, 0.717) is 0 Å². The molecule has 0 unspecified atom stereocenters. The summed E-state index contributed by atoms with van der Waals surface area (Å²) < 4.78 is 10.9. The van der Waals surface area contributed by atoms with Gasteiger partial charge in [0.2, 0.25) is 0 Å². The van der Waals surface area contributed by atoms with Gasteiger partial charge in [-0.3, -0.25) is 4.90 Å². The highest BCUT2D eigenvalue weighted by Gasteiger charge is 2.13. The van der Waals surface area contributed by atoms with Crippen LogP contribution in [0.1, 0.15) is 5.56 Å². The molecule has 1 fully saturated rings. The third kappa shape index (κ3) is 2.14. The first-order valence-corrected chi connectivity index (χ1v) is 5.88. The van der Waals surface area contributed by atoms with Gasteiger partial charge < -0.3 is 14.9 Å². The fourth-order valence-corrected chi connectivity index (χ4v) is 2.22. The van der Waals surface area contributed by atoms with Crippen LogP contribution in [0.4, 0.5) is 5.69 Å². The number of nitrogen functional groups attached to an aromatic ring is 1. The minimum atomic E-state index is 0.741. The van der Waals surface area contributed by atoms with Crippen LogP contribution < -0.4 is 5.73 Å². The molecule has 0 aliphatic carbocycles. The van der Waals surface area contributed by atoms with E-state index in [-0.39, 0.29) is 0 Å². The highest BCUT2D eigenvalue weighted by Crippen LogP contribution is 2.24. The van der Waals surface area contributed by atoms with Crippen LogP contribution in [0.3, 0.4) is 0 Å². The van der Waals surface area contributed by atoms with Gasteiger partial charge in [0.05, 0.1) is 19.5 Å². The molecule has 1 aliphatic rings. The molecule has 2 heterocycles. The molecule has 2 aromatic rings. The van der Waals surface area contributed by atoms with Crippen molar-refractivity contribution in [2.24, 2.45) is 0 Å². The summed E-state index contributed by atoms with van der Waals surface area (Å²) in [6.45, 7) is 4.54. The van der Waals surface area contributed by atoms with Crippen LogP contribution in [0.2, 0.25) is 0 Å². The Labute approximate surface area is 99.9 Å². The Morgan fingerprint density at radius 3 is 2.88 bits per heavy atom. The Balaban J connectivity index is 1.84. The molecule has 0 amide bonds. The summed E-state index contributed by atoms with van der Waals surface area (Å²) in [7, 11) is 0. The molecular weight excluding hydrogens is 216 g/mol. The summed E-state index contributed by atoms with van der Waals surface area (Å²) in [5, 5.41) is 1.16. The molecule has 4 nitrogen and oxygen atoms in total. The van der Waals surface area contributed by atoms with Crippen molar-refractivity contribution in [1.29, 1.82) is 0 Å². The number of anilines is 1. The third-order valence-electron chi connectivity index (χ3n) is 3.18. The Morgan fingerprint density at radius 2 is 2.06 bits per heavy atom. The van der Waals surface area contributed by atoms with E-state index >= 15 is 0 Å². The number of rotatable bonds is 2. The van der Waals surface area contributed by atoms with E-state index < -0.39 is 0 Å². The lowest BCUT2D eigenvalue weighted by molar-refractivity contribution is 0.0342. The van der Waals surface area contributed by atoms with Gasteiger partial charge in [-0.2, -0.15) is 0 Å². The molecule has 90 valence electrons. The van der Waals surface area contributed by atoms with Crippen molar-refractivity contribution in [1.82, 2.24) is 4.90 Å². The van der Waals surface area contributed by atoms with Crippen molar-refractivity contribution in [3.63, 3.8) is 0 Å². The number of morpholine rings is 1. The van der Waals surface area contributed by atoms with E-state index in [9.17, 15) is 0 Å². The number of hydrogen-bond donors (Lipinski definition) is 1. The number of furan rings is 1. The minimum Gasteiger partial charge on any atom is -0.464 e. The van der Waals surface area contributed by atoms with E-state index in [2.05, 4.69) is 4.90 Å². The highest BCUT2D eigenvalue weighted by molar-refractivity contribution is 5.83. The second-order valence-electron chi connectivity index (χ2n) is 4.41. The van der Waals surface area contributed by atoms with Crippen molar-refractivity contribution in [3.05, 3.63) is 30.0 Å². The zero-order chi connectivity index (χ0) is 11.7. The normalized spacial score (nSPS) is 17.6. The van der Waals surface area contributed by atoms with Gasteiger partial charge in [0, 0.05) is 42.3 Å². The summed E-state index contributed by atoms with van der Waals surface area (Å²) in [5.41, 5.74) is 8.56. The topological polar surface area (TPSA) is 51.6 Å². The number of nitrogens with two attached hydrogens (primary N) is 1. The summed E-state index contributed by atoms with van der Waals surface area (Å²) in [6.07, 6.45) is 1.83. The van der Waals surface area contributed by atoms with Crippen molar-refractivity contribution in [3.8, 4) is 0 Å². The lowest BCUT2D eigenvalue weighted by Crippen LogP contribution is -2.35. The maximum Gasteiger partial charge on any atom is 0.136 e. The zero-order valence-electron chi connectivity index (χ0n) is 9.69. The predicted molar refractivity (Wildman–Crippen MR) is 66.7 cm³/mol. The summed E-state index contributed by atoms with van der Waals surface area (Å²) >= 11 is 0. The fourth-order valence-electron chi connectivity index (χ4n) is 2.22. The van der Waals surface area contributed by atoms with Gasteiger partial charge in [0.15, 0.2) is 0 Å². The van der Waals surface area contributed by atoms with E-state index in [0.717, 1.165) is 49.5 Å². The third-order valence-corrected chi connectivity index (χ3v) is 3.18. The first-order valence-electron chi connectivity index (χ1n) is 5.88. The molecule has 3 rings (SSSR count). The van der Waals surface area contributed by atoms with Gasteiger partial charge in [-0.1, -0.05) is 0 Å². The molecule has 17 heavy (non-hydrogen) atoms. The molecule has 1 saturated heterocycles. The van der Waals surface area contributed by atoms with Crippen LogP contribution >= 0.6 is 0 Å². The Morgan fingerprint density at radius 1 is 1.24 bits per heavy atom. The van der Waals surface area contributed by atoms with E-state index in [1.165, 1.54) is 5.56 Å². The van der Waals surface area contributed by atoms with Crippen molar-refractivity contribution >= 4 is 16.7 Å². The summed E-state index contributed by atoms with van der Waals surface area (Å²) in [4.78, 5) is 2.38. The molecule has 1 aliphatic heterocycles. The maximum absolute atomic E-state index is 5.73. The molecule has 4 heteroatoms. The number of fused-ring (bicyclic) bond motifs is 1. The van der Waals surface area contributed by atoms with Crippen LogP contribution in [-0.4, -0.2) is 31.2 Å². The lowest BCUT2D eigenvalue weighted by atomic mass is 10.1. The van der Waals surface area contributed by atoms with Crippen molar-refractivity contribution < 1.29 is 9.15 Å². The van der Waals surface area contributed by atoms with Crippen LogP contribution in [0.15, 0.2) is 28.9 Å². The number of benzene rings is 1.